The highest BCUT2D eigenvalue weighted by Gasteiger charge is 2.42. The third-order valence-corrected chi connectivity index (χ3v) is 6.74. The number of rotatable bonds is 7. The fourth-order valence-corrected chi connectivity index (χ4v) is 5.13. The highest BCUT2D eigenvalue weighted by atomic mass is 19.4. The molecular weight excluding hydrogens is 457 g/mol. The zero-order valence-electron chi connectivity index (χ0n) is 19.6. The first-order valence-corrected chi connectivity index (χ1v) is 12.0. The number of alkyl halides is 3. The van der Waals surface area contributed by atoms with Crippen LogP contribution in [-0.2, 0) is 19.1 Å². The van der Waals surface area contributed by atoms with E-state index in [0.717, 1.165) is 23.8 Å². The van der Waals surface area contributed by atoms with Crippen molar-refractivity contribution in [3.63, 3.8) is 0 Å². The lowest BCUT2D eigenvalue weighted by atomic mass is 9.95. The third-order valence-electron chi connectivity index (χ3n) is 6.74. The average Bonchev–Trinajstić information content (AvgIpc) is 3.12. The number of aromatic nitrogens is 2. The van der Waals surface area contributed by atoms with E-state index in [0.29, 0.717) is 36.0 Å². The molecule has 8 heteroatoms. The van der Waals surface area contributed by atoms with E-state index in [2.05, 4.69) is 0 Å². The van der Waals surface area contributed by atoms with E-state index >= 15 is 0 Å². The highest BCUT2D eigenvalue weighted by molar-refractivity contribution is 5.95. The number of hydrogen-bond acceptors (Lipinski definition) is 2. The van der Waals surface area contributed by atoms with Crippen LogP contribution in [0.3, 0.4) is 0 Å². The van der Waals surface area contributed by atoms with Crippen molar-refractivity contribution in [3.8, 4) is 11.1 Å². The van der Waals surface area contributed by atoms with E-state index in [1.165, 1.54) is 10.6 Å². The Balaban J connectivity index is 1.74. The van der Waals surface area contributed by atoms with Gasteiger partial charge in [0.05, 0.1) is 17.8 Å². The Kier molecular flexibility index (Phi) is 7.19. The summed E-state index contributed by atoms with van der Waals surface area (Å²) in [5.74, 6) is -1.04. The van der Waals surface area contributed by atoms with Gasteiger partial charge in [0, 0.05) is 6.04 Å². The van der Waals surface area contributed by atoms with Crippen molar-refractivity contribution in [1.29, 1.82) is 0 Å². The first-order valence-electron chi connectivity index (χ1n) is 12.0. The van der Waals surface area contributed by atoms with E-state index in [-0.39, 0.29) is 24.2 Å². The molecule has 186 valence electrons. The minimum absolute atomic E-state index is 0.0256. The molecule has 1 aromatic heterocycles. The van der Waals surface area contributed by atoms with E-state index in [1.54, 1.807) is 42.5 Å². The first kappa shape index (κ1) is 24.8. The van der Waals surface area contributed by atoms with Crippen molar-refractivity contribution in [2.24, 2.45) is 0 Å². The van der Waals surface area contributed by atoms with Gasteiger partial charge in [-0.3, -0.25) is 9.13 Å². The van der Waals surface area contributed by atoms with Crippen LogP contribution in [0.1, 0.15) is 78.8 Å². The monoisotopic (exact) mass is 486 g/mol. The van der Waals surface area contributed by atoms with Crippen molar-refractivity contribution in [3.05, 3.63) is 81.5 Å². The molecule has 0 spiro atoms. The molecule has 3 aromatic rings. The molecule has 4 rings (SSSR count). The van der Waals surface area contributed by atoms with E-state index < -0.39 is 29.6 Å². The molecule has 1 fully saturated rings. The summed E-state index contributed by atoms with van der Waals surface area (Å²) in [6, 6.07) is 13.2. The Labute approximate surface area is 201 Å². The number of hydrogen-bond donors (Lipinski definition) is 1. The molecule has 1 heterocycles. The van der Waals surface area contributed by atoms with E-state index in [9.17, 15) is 27.9 Å². The summed E-state index contributed by atoms with van der Waals surface area (Å²) in [7, 11) is 0. The third kappa shape index (κ3) is 5.06. The lowest BCUT2D eigenvalue weighted by Gasteiger charge is -2.25. The SMILES string of the molecule is CCCc1c(C(F)(F)F)n(C2CCCCC2)c(=O)n1Cc1ccc(-c2ccccc2C(=O)O)cc1. The van der Waals surface area contributed by atoms with Gasteiger partial charge in [-0.1, -0.05) is 75.1 Å². The van der Waals surface area contributed by atoms with Crippen LogP contribution in [-0.4, -0.2) is 20.2 Å². The number of benzene rings is 2. The van der Waals surface area contributed by atoms with E-state index in [1.807, 2.05) is 6.92 Å². The molecule has 2 aromatic carbocycles. The van der Waals surface area contributed by atoms with Gasteiger partial charge in [0.25, 0.3) is 0 Å². The van der Waals surface area contributed by atoms with Crippen LogP contribution >= 0.6 is 0 Å². The zero-order valence-corrected chi connectivity index (χ0v) is 19.6. The summed E-state index contributed by atoms with van der Waals surface area (Å²) < 4.78 is 45.0. The van der Waals surface area contributed by atoms with Crippen LogP contribution in [0.25, 0.3) is 11.1 Å². The van der Waals surface area contributed by atoms with Gasteiger partial charge in [-0.15, -0.1) is 0 Å². The molecule has 0 aliphatic heterocycles. The maximum atomic E-state index is 14.2. The first-order chi connectivity index (χ1) is 16.7. The second-order valence-corrected chi connectivity index (χ2v) is 9.12. The molecule has 0 unspecified atom stereocenters. The molecule has 1 aliphatic carbocycles. The standard InChI is InChI=1S/C27H29F3N2O3/c1-2-8-23-24(27(28,29)30)32(20-9-4-3-5-10-20)26(35)31(23)17-18-13-15-19(16-14-18)21-11-6-7-12-22(21)25(33)34/h6-7,11-16,20H,2-5,8-10,17H2,1H3,(H,33,34). The van der Waals surface area contributed by atoms with Crippen LogP contribution in [0.4, 0.5) is 13.2 Å². The molecule has 0 atom stereocenters. The summed E-state index contributed by atoms with van der Waals surface area (Å²) in [5.41, 5.74) is 0.713. The Morgan fingerprint density at radius 3 is 2.29 bits per heavy atom. The molecule has 1 N–H and O–H groups in total. The normalized spacial score (nSPS) is 14.9. The lowest BCUT2D eigenvalue weighted by molar-refractivity contribution is -0.145. The molecule has 35 heavy (non-hydrogen) atoms. The number of aromatic carboxylic acids is 1. The zero-order chi connectivity index (χ0) is 25.2. The molecule has 0 saturated heterocycles. The minimum Gasteiger partial charge on any atom is -0.478 e. The topological polar surface area (TPSA) is 64.2 Å². The second kappa shape index (κ2) is 10.1. The van der Waals surface area contributed by atoms with Gasteiger partial charge >= 0.3 is 17.8 Å². The number of imidazole rings is 1. The predicted octanol–water partition coefficient (Wildman–Crippen LogP) is 6.54. The lowest BCUT2D eigenvalue weighted by Crippen LogP contribution is -2.31. The summed E-state index contributed by atoms with van der Waals surface area (Å²) >= 11 is 0. The number of halogens is 3. The molecule has 0 amide bonds. The number of carboxylic acids is 1. The minimum atomic E-state index is -4.61. The van der Waals surface area contributed by atoms with Crippen LogP contribution in [0, 0.1) is 0 Å². The molecule has 5 nitrogen and oxygen atoms in total. The molecule has 0 bridgehead atoms. The number of carboxylic acid groups (broad SMARTS) is 1. The van der Waals surface area contributed by atoms with Gasteiger partial charge < -0.3 is 5.11 Å². The van der Waals surface area contributed by atoms with Gasteiger partial charge in [-0.2, -0.15) is 13.2 Å². The average molecular weight is 487 g/mol. The number of nitrogens with zero attached hydrogens (tertiary/aromatic N) is 2. The predicted molar refractivity (Wildman–Crippen MR) is 128 cm³/mol. The Morgan fingerprint density at radius 2 is 1.69 bits per heavy atom. The van der Waals surface area contributed by atoms with Crippen molar-refractivity contribution in [2.45, 2.75) is 70.6 Å². The van der Waals surface area contributed by atoms with Crippen LogP contribution in [0.2, 0.25) is 0 Å². The van der Waals surface area contributed by atoms with Crippen LogP contribution in [0.5, 0.6) is 0 Å². The van der Waals surface area contributed by atoms with Gasteiger partial charge in [0.1, 0.15) is 5.69 Å². The Bertz CT molecular complexity index is 1250. The van der Waals surface area contributed by atoms with Crippen LogP contribution in [0.15, 0.2) is 53.3 Å². The van der Waals surface area contributed by atoms with Crippen LogP contribution < -0.4 is 5.69 Å². The summed E-state index contributed by atoms with van der Waals surface area (Å²) in [5, 5.41) is 9.46. The number of carbonyl (C=O) groups is 1. The van der Waals surface area contributed by atoms with Crippen molar-refractivity contribution >= 4 is 5.97 Å². The highest BCUT2D eigenvalue weighted by Crippen LogP contribution is 2.37. The quantitative estimate of drug-likeness (QED) is 0.412. The fourth-order valence-electron chi connectivity index (χ4n) is 5.13. The Hall–Kier alpha value is -3.29. The van der Waals surface area contributed by atoms with Crippen molar-refractivity contribution in [2.75, 3.05) is 0 Å². The van der Waals surface area contributed by atoms with Gasteiger partial charge in [-0.25, -0.2) is 9.59 Å². The maximum absolute atomic E-state index is 14.2. The van der Waals surface area contributed by atoms with Gasteiger partial charge in [0.2, 0.25) is 0 Å². The second-order valence-electron chi connectivity index (χ2n) is 9.12. The summed E-state index contributed by atoms with van der Waals surface area (Å²) in [6.07, 6.45) is -0.185. The van der Waals surface area contributed by atoms with E-state index in [4.69, 9.17) is 0 Å². The van der Waals surface area contributed by atoms with Gasteiger partial charge in [-0.05, 0) is 42.0 Å². The molecule has 1 aliphatic rings. The van der Waals surface area contributed by atoms with Crippen molar-refractivity contribution in [1.82, 2.24) is 9.13 Å². The Morgan fingerprint density at radius 1 is 1.03 bits per heavy atom. The largest absolute Gasteiger partial charge is 0.478 e. The summed E-state index contributed by atoms with van der Waals surface area (Å²) in [4.78, 5) is 25.0. The maximum Gasteiger partial charge on any atom is 0.433 e. The van der Waals surface area contributed by atoms with Crippen molar-refractivity contribution < 1.29 is 23.1 Å². The van der Waals surface area contributed by atoms with Gasteiger partial charge in [0.15, 0.2) is 0 Å². The molecule has 0 radical (unpaired) electrons. The fraction of sp³-hybridized carbons (Fsp3) is 0.407. The summed E-state index contributed by atoms with van der Waals surface area (Å²) in [6.45, 7) is 1.83. The smallest absolute Gasteiger partial charge is 0.433 e. The molecular formula is C27H29F3N2O3. The molecule has 1 saturated carbocycles.